The van der Waals surface area contributed by atoms with Crippen molar-refractivity contribution in [2.75, 3.05) is 25.6 Å². The number of rotatable bonds is 4. The summed E-state index contributed by atoms with van der Waals surface area (Å²) in [6.07, 6.45) is 3.24. The van der Waals surface area contributed by atoms with E-state index >= 15 is 0 Å². The molecular weight excluding hydrogens is 244 g/mol. The summed E-state index contributed by atoms with van der Waals surface area (Å²) in [6, 6.07) is -0.163. The molecule has 0 saturated carbocycles. The molecule has 0 bridgehead atoms. The van der Waals surface area contributed by atoms with Gasteiger partial charge >= 0.3 is 0 Å². The second-order valence-corrected chi connectivity index (χ2v) is 5.39. The molecule has 2 N–H and O–H groups in total. The Morgan fingerprint density at radius 2 is 2.12 bits per heavy atom. The van der Waals surface area contributed by atoms with Crippen LogP contribution < -0.4 is 10.0 Å². The molecule has 1 aliphatic heterocycles. The van der Waals surface area contributed by atoms with E-state index in [0.717, 1.165) is 0 Å². The van der Waals surface area contributed by atoms with Crippen LogP contribution >= 0.6 is 0 Å². The molecule has 0 radical (unpaired) electrons. The summed E-state index contributed by atoms with van der Waals surface area (Å²) < 4.78 is 31.5. The largest absolute Gasteiger partial charge is 0.380 e. The lowest BCUT2D eigenvalue weighted by atomic mass is 10.3. The van der Waals surface area contributed by atoms with Crippen molar-refractivity contribution in [3.8, 4) is 0 Å². The number of anilines is 1. The van der Waals surface area contributed by atoms with Crippen molar-refractivity contribution in [3.05, 3.63) is 12.4 Å². The van der Waals surface area contributed by atoms with Gasteiger partial charge in [0.2, 0.25) is 16.0 Å². The zero-order valence-corrected chi connectivity index (χ0v) is 10.2. The van der Waals surface area contributed by atoms with Gasteiger partial charge in [-0.1, -0.05) is 0 Å². The first-order chi connectivity index (χ1) is 8.12. The monoisotopic (exact) mass is 258 g/mol. The van der Waals surface area contributed by atoms with Gasteiger partial charge < -0.3 is 10.1 Å². The Morgan fingerprint density at radius 1 is 1.41 bits per heavy atom. The lowest BCUT2D eigenvalue weighted by Gasteiger charge is -2.10. The predicted molar refractivity (Wildman–Crippen MR) is 61.1 cm³/mol. The highest BCUT2D eigenvalue weighted by Gasteiger charge is 2.23. The van der Waals surface area contributed by atoms with E-state index in [0.29, 0.717) is 25.6 Å². The molecule has 1 unspecified atom stereocenters. The third-order valence-corrected chi connectivity index (χ3v) is 3.89. The third kappa shape index (κ3) is 2.90. The fourth-order valence-corrected chi connectivity index (χ4v) is 2.64. The molecule has 7 nitrogen and oxygen atoms in total. The minimum atomic E-state index is -3.55. The molecule has 17 heavy (non-hydrogen) atoms. The predicted octanol–water partition coefficient (Wildman–Crippen LogP) is -0.414. The SMILES string of the molecule is CNc1ncc(S(=O)(=O)NC2CCOC2)cn1. The summed E-state index contributed by atoms with van der Waals surface area (Å²) >= 11 is 0. The second kappa shape index (κ2) is 4.94. The molecule has 1 aliphatic rings. The molecule has 8 heteroatoms. The van der Waals surface area contributed by atoms with Crippen molar-refractivity contribution in [2.45, 2.75) is 17.4 Å². The molecule has 1 fully saturated rings. The van der Waals surface area contributed by atoms with Crippen molar-refractivity contribution >= 4 is 16.0 Å². The number of hydrogen-bond donors (Lipinski definition) is 2. The molecule has 1 aromatic heterocycles. The van der Waals surface area contributed by atoms with Crippen molar-refractivity contribution in [3.63, 3.8) is 0 Å². The van der Waals surface area contributed by atoms with Gasteiger partial charge in [-0.2, -0.15) is 0 Å². The molecule has 1 aromatic rings. The minimum Gasteiger partial charge on any atom is -0.380 e. The number of nitrogens with zero attached hydrogens (tertiary/aromatic N) is 2. The van der Waals surface area contributed by atoms with Gasteiger partial charge in [0.15, 0.2) is 0 Å². The van der Waals surface area contributed by atoms with Crippen LogP contribution in [0.5, 0.6) is 0 Å². The van der Waals surface area contributed by atoms with Crippen LogP contribution in [0.15, 0.2) is 17.3 Å². The zero-order valence-electron chi connectivity index (χ0n) is 9.38. The van der Waals surface area contributed by atoms with E-state index in [1.165, 1.54) is 12.4 Å². The summed E-state index contributed by atoms with van der Waals surface area (Å²) in [6.45, 7) is 0.997. The van der Waals surface area contributed by atoms with Gasteiger partial charge in [-0.3, -0.25) is 0 Å². The van der Waals surface area contributed by atoms with Crippen molar-refractivity contribution in [1.82, 2.24) is 14.7 Å². The normalized spacial score (nSPS) is 20.4. The third-order valence-electron chi connectivity index (χ3n) is 2.41. The Hall–Kier alpha value is -1.25. The van der Waals surface area contributed by atoms with Crippen molar-refractivity contribution < 1.29 is 13.2 Å². The first-order valence-corrected chi connectivity index (χ1v) is 6.70. The van der Waals surface area contributed by atoms with Crippen LogP contribution in [-0.4, -0.2) is 44.7 Å². The first-order valence-electron chi connectivity index (χ1n) is 5.22. The van der Waals surface area contributed by atoms with Crippen LogP contribution in [-0.2, 0) is 14.8 Å². The molecule has 0 spiro atoms. The van der Waals surface area contributed by atoms with E-state index in [-0.39, 0.29) is 10.9 Å². The maximum atomic E-state index is 11.9. The topological polar surface area (TPSA) is 93.2 Å². The van der Waals surface area contributed by atoms with Crippen molar-refractivity contribution in [2.24, 2.45) is 0 Å². The highest BCUT2D eigenvalue weighted by Crippen LogP contribution is 2.11. The van der Waals surface area contributed by atoms with Gasteiger partial charge in [-0.15, -0.1) is 0 Å². The summed E-state index contributed by atoms with van der Waals surface area (Å²) in [7, 11) is -1.89. The van der Waals surface area contributed by atoms with E-state index in [2.05, 4.69) is 20.0 Å². The molecule has 0 amide bonds. The molecular formula is C9H14N4O3S. The lowest BCUT2D eigenvalue weighted by molar-refractivity contribution is 0.192. The fourth-order valence-electron chi connectivity index (χ4n) is 1.50. The van der Waals surface area contributed by atoms with E-state index in [9.17, 15) is 8.42 Å². The van der Waals surface area contributed by atoms with Crippen LogP contribution in [0.4, 0.5) is 5.95 Å². The molecule has 2 heterocycles. The van der Waals surface area contributed by atoms with E-state index in [1.807, 2.05) is 0 Å². The quantitative estimate of drug-likeness (QED) is 0.762. The van der Waals surface area contributed by atoms with E-state index in [1.54, 1.807) is 7.05 Å². The number of ether oxygens (including phenoxy) is 1. The standard InChI is InChI=1S/C9H14N4O3S/c1-10-9-11-4-8(5-12-9)17(14,15)13-7-2-3-16-6-7/h4-5,7,13H,2-3,6H2,1H3,(H,10,11,12). The average molecular weight is 258 g/mol. The van der Waals surface area contributed by atoms with Gasteiger partial charge in [0.05, 0.1) is 19.0 Å². The fraction of sp³-hybridized carbons (Fsp3) is 0.556. The second-order valence-electron chi connectivity index (χ2n) is 3.67. The van der Waals surface area contributed by atoms with Gasteiger partial charge in [-0.05, 0) is 6.42 Å². The maximum absolute atomic E-state index is 11.9. The summed E-state index contributed by atoms with van der Waals surface area (Å²) in [4.78, 5) is 7.79. The molecule has 1 saturated heterocycles. The number of aromatic nitrogens is 2. The number of sulfonamides is 1. The Balaban J connectivity index is 2.12. The van der Waals surface area contributed by atoms with Gasteiger partial charge in [-0.25, -0.2) is 23.1 Å². The number of hydrogen-bond acceptors (Lipinski definition) is 6. The first kappa shape index (κ1) is 12.2. The van der Waals surface area contributed by atoms with E-state index < -0.39 is 10.0 Å². The Labute approximate surface area is 99.7 Å². The molecule has 0 aromatic carbocycles. The van der Waals surface area contributed by atoms with Crippen LogP contribution in [0, 0.1) is 0 Å². The van der Waals surface area contributed by atoms with E-state index in [4.69, 9.17) is 4.74 Å². The Bertz CT molecular complexity index is 468. The average Bonchev–Trinajstić information content (AvgIpc) is 2.81. The highest BCUT2D eigenvalue weighted by atomic mass is 32.2. The van der Waals surface area contributed by atoms with Crippen LogP contribution in [0.3, 0.4) is 0 Å². The Kier molecular flexibility index (Phi) is 3.55. The Morgan fingerprint density at radius 3 is 2.65 bits per heavy atom. The summed E-state index contributed by atoms with van der Waals surface area (Å²) in [5.74, 6) is 0.383. The van der Waals surface area contributed by atoms with Crippen LogP contribution in [0.25, 0.3) is 0 Å². The molecule has 1 atom stereocenters. The van der Waals surface area contributed by atoms with Gasteiger partial charge in [0.1, 0.15) is 4.90 Å². The minimum absolute atomic E-state index is 0.0587. The zero-order chi connectivity index (χ0) is 12.3. The highest BCUT2D eigenvalue weighted by molar-refractivity contribution is 7.89. The van der Waals surface area contributed by atoms with Crippen LogP contribution in [0.1, 0.15) is 6.42 Å². The van der Waals surface area contributed by atoms with Gasteiger partial charge in [0.25, 0.3) is 0 Å². The molecule has 2 rings (SSSR count). The summed E-state index contributed by atoms with van der Waals surface area (Å²) in [5.41, 5.74) is 0. The molecule has 94 valence electrons. The molecule has 0 aliphatic carbocycles. The smallest absolute Gasteiger partial charge is 0.243 e. The van der Waals surface area contributed by atoms with Crippen LogP contribution in [0.2, 0.25) is 0 Å². The maximum Gasteiger partial charge on any atom is 0.243 e. The van der Waals surface area contributed by atoms with Gasteiger partial charge in [0, 0.05) is 19.7 Å². The summed E-state index contributed by atoms with van der Waals surface area (Å²) in [5, 5.41) is 2.72. The lowest BCUT2D eigenvalue weighted by Crippen LogP contribution is -2.35. The van der Waals surface area contributed by atoms with Crippen molar-refractivity contribution in [1.29, 1.82) is 0 Å². The number of nitrogens with one attached hydrogen (secondary N) is 2.